The van der Waals surface area contributed by atoms with Crippen LogP contribution in [0.2, 0.25) is 0 Å². The molecule has 0 heterocycles. The number of hydrogen-bond acceptors (Lipinski definition) is 1. The Balaban J connectivity index is 2.25. The van der Waals surface area contributed by atoms with Gasteiger partial charge >= 0.3 is 0 Å². The molecule has 0 aromatic rings. The van der Waals surface area contributed by atoms with Crippen LogP contribution in [0.5, 0.6) is 0 Å². The van der Waals surface area contributed by atoms with Crippen LogP contribution < -0.4 is 5.32 Å². The third-order valence-corrected chi connectivity index (χ3v) is 4.22. The fraction of sp³-hybridized carbons (Fsp3) is 1.00. The first kappa shape index (κ1) is 13.0. The van der Waals surface area contributed by atoms with Crippen molar-refractivity contribution in [3.05, 3.63) is 0 Å². The van der Waals surface area contributed by atoms with Gasteiger partial charge in [-0.25, -0.2) is 0 Å². The van der Waals surface area contributed by atoms with E-state index in [4.69, 9.17) is 0 Å². The maximum atomic E-state index is 3.74. The predicted octanol–water partition coefficient (Wildman–Crippen LogP) is 3.98. The van der Waals surface area contributed by atoms with Gasteiger partial charge in [0.25, 0.3) is 0 Å². The Labute approximate surface area is 96.0 Å². The first-order valence-electron chi connectivity index (χ1n) is 6.78. The maximum Gasteiger partial charge on any atom is 0.00672 e. The van der Waals surface area contributed by atoms with E-state index in [1.165, 1.54) is 45.1 Å². The van der Waals surface area contributed by atoms with E-state index in [0.29, 0.717) is 5.41 Å². The molecule has 1 aliphatic rings. The summed E-state index contributed by atoms with van der Waals surface area (Å²) in [5, 5.41) is 3.74. The molecular weight excluding hydrogens is 182 g/mol. The van der Waals surface area contributed by atoms with E-state index in [9.17, 15) is 0 Å². The molecule has 0 aromatic heterocycles. The highest BCUT2D eigenvalue weighted by Crippen LogP contribution is 2.27. The minimum absolute atomic E-state index is 0.461. The molecule has 1 unspecified atom stereocenters. The molecule has 1 rings (SSSR count). The first-order valence-corrected chi connectivity index (χ1v) is 6.78. The second-order valence-corrected chi connectivity index (χ2v) is 6.09. The Kier molecular flexibility index (Phi) is 5.11. The summed E-state index contributed by atoms with van der Waals surface area (Å²) >= 11 is 0. The van der Waals surface area contributed by atoms with Crippen LogP contribution in [0.25, 0.3) is 0 Å². The lowest BCUT2D eigenvalue weighted by Gasteiger charge is -2.32. The quantitative estimate of drug-likeness (QED) is 0.725. The zero-order chi connectivity index (χ0) is 11.3. The third-order valence-electron chi connectivity index (χ3n) is 4.22. The zero-order valence-corrected chi connectivity index (χ0v) is 11.1. The number of rotatable bonds is 5. The van der Waals surface area contributed by atoms with E-state index >= 15 is 0 Å². The van der Waals surface area contributed by atoms with Crippen molar-refractivity contribution < 1.29 is 0 Å². The average molecular weight is 211 g/mol. The summed E-state index contributed by atoms with van der Waals surface area (Å²) in [6, 6.07) is 0.719. The summed E-state index contributed by atoms with van der Waals surface area (Å²) in [6.07, 6.45) is 8.52. The standard InChI is InChI=1S/C14H29N/c1-5-14(3,4)11-15-12(2)13-9-7-6-8-10-13/h12-13,15H,5-11H2,1-4H3. The molecule has 1 aliphatic carbocycles. The molecule has 1 fully saturated rings. The normalized spacial score (nSPS) is 21.6. The molecule has 1 heteroatoms. The Bertz CT molecular complexity index is 168. The van der Waals surface area contributed by atoms with Crippen LogP contribution in [0, 0.1) is 11.3 Å². The summed E-state index contributed by atoms with van der Waals surface area (Å²) in [6.45, 7) is 10.5. The van der Waals surface area contributed by atoms with Gasteiger partial charge in [-0.1, -0.05) is 40.0 Å². The highest BCUT2D eigenvalue weighted by molar-refractivity contribution is 4.78. The van der Waals surface area contributed by atoms with Crippen LogP contribution >= 0.6 is 0 Å². The molecule has 0 bridgehead atoms. The maximum absolute atomic E-state index is 3.74. The molecule has 0 amide bonds. The van der Waals surface area contributed by atoms with Crippen LogP contribution in [0.15, 0.2) is 0 Å². The summed E-state index contributed by atoms with van der Waals surface area (Å²) in [4.78, 5) is 0. The van der Waals surface area contributed by atoms with Gasteiger partial charge in [0.1, 0.15) is 0 Å². The summed E-state index contributed by atoms with van der Waals surface area (Å²) in [7, 11) is 0. The van der Waals surface area contributed by atoms with Gasteiger partial charge in [-0.05, 0) is 37.5 Å². The fourth-order valence-corrected chi connectivity index (χ4v) is 2.36. The van der Waals surface area contributed by atoms with Gasteiger partial charge in [0, 0.05) is 12.6 Å². The van der Waals surface area contributed by atoms with E-state index < -0.39 is 0 Å². The fourth-order valence-electron chi connectivity index (χ4n) is 2.36. The molecule has 1 N–H and O–H groups in total. The second kappa shape index (κ2) is 5.89. The van der Waals surface area contributed by atoms with Gasteiger partial charge in [0.15, 0.2) is 0 Å². The van der Waals surface area contributed by atoms with E-state index in [0.717, 1.165) is 12.0 Å². The molecular formula is C14H29N. The molecule has 90 valence electrons. The van der Waals surface area contributed by atoms with Gasteiger partial charge in [-0.15, -0.1) is 0 Å². The van der Waals surface area contributed by atoms with Crippen molar-refractivity contribution >= 4 is 0 Å². The molecule has 15 heavy (non-hydrogen) atoms. The summed E-state index contributed by atoms with van der Waals surface area (Å²) in [5.41, 5.74) is 0.461. The summed E-state index contributed by atoms with van der Waals surface area (Å²) in [5.74, 6) is 0.936. The van der Waals surface area contributed by atoms with Crippen molar-refractivity contribution in [3.8, 4) is 0 Å². The van der Waals surface area contributed by atoms with Crippen LogP contribution in [-0.4, -0.2) is 12.6 Å². The minimum atomic E-state index is 0.461. The largest absolute Gasteiger partial charge is 0.313 e. The van der Waals surface area contributed by atoms with E-state index in [1.54, 1.807) is 0 Å². The van der Waals surface area contributed by atoms with Crippen molar-refractivity contribution in [2.24, 2.45) is 11.3 Å². The van der Waals surface area contributed by atoms with E-state index in [2.05, 4.69) is 33.0 Å². The van der Waals surface area contributed by atoms with E-state index in [-0.39, 0.29) is 0 Å². The van der Waals surface area contributed by atoms with Gasteiger partial charge in [-0.2, -0.15) is 0 Å². The second-order valence-electron chi connectivity index (χ2n) is 6.09. The highest BCUT2D eigenvalue weighted by Gasteiger charge is 2.22. The van der Waals surface area contributed by atoms with Gasteiger partial charge < -0.3 is 5.32 Å². The summed E-state index contributed by atoms with van der Waals surface area (Å²) < 4.78 is 0. The number of hydrogen-bond donors (Lipinski definition) is 1. The van der Waals surface area contributed by atoms with Crippen molar-refractivity contribution in [1.82, 2.24) is 5.32 Å². The SMILES string of the molecule is CCC(C)(C)CNC(C)C1CCCCC1. The topological polar surface area (TPSA) is 12.0 Å². The lowest BCUT2D eigenvalue weighted by Crippen LogP contribution is -2.40. The average Bonchev–Trinajstić information content (AvgIpc) is 2.27. The van der Waals surface area contributed by atoms with Crippen LogP contribution in [0.1, 0.15) is 66.2 Å². The molecule has 1 nitrogen and oxygen atoms in total. The monoisotopic (exact) mass is 211 g/mol. The van der Waals surface area contributed by atoms with Crippen LogP contribution in [-0.2, 0) is 0 Å². The molecule has 0 spiro atoms. The molecule has 0 radical (unpaired) electrons. The van der Waals surface area contributed by atoms with Gasteiger partial charge in [0.2, 0.25) is 0 Å². The van der Waals surface area contributed by atoms with Crippen LogP contribution in [0.4, 0.5) is 0 Å². The Morgan fingerprint density at radius 3 is 2.33 bits per heavy atom. The van der Waals surface area contributed by atoms with Gasteiger partial charge in [-0.3, -0.25) is 0 Å². The van der Waals surface area contributed by atoms with Crippen molar-refractivity contribution in [2.75, 3.05) is 6.54 Å². The Hall–Kier alpha value is -0.0400. The zero-order valence-electron chi connectivity index (χ0n) is 11.1. The van der Waals surface area contributed by atoms with Crippen LogP contribution in [0.3, 0.4) is 0 Å². The van der Waals surface area contributed by atoms with Gasteiger partial charge in [0.05, 0.1) is 0 Å². The molecule has 0 saturated heterocycles. The third kappa shape index (κ3) is 4.55. The molecule has 0 aliphatic heterocycles. The minimum Gasteiger partial charge on any atom is -0.313 e. The van der Waals surface area contributed by atoms with E-state index in [1.807, 2.05) is 0 Å². The molecule has 0 aromatic carbocycles. The van der Waals surface area contributed by atoms with Crippen molar-refractivity contribution in [2.45, 2.75) is 72.3 Å². The van der Waals surface area contributed by atoms with Crippen molar-refractivity contribution in [3.63, 3.8) is 0 Å². The molecule has 1 saturated carbocycles. The molecule has 1 atom stereocenters. The predicted molar refractivity (Wildman–Crippen MR) is 68.1 cm³/mol. The van der Waals surface area contributed by atoms with Crippen molar-refractivity contribution in [1.29, 1.82) is 0 Å². The first-order chi connectivity index (χ1) is 7.05. The lowest BCUT2D eigenvalue weighted by molar-refractivity contribution is 0.244. The number of nitrogens with one attached hydrogen (secondary N) is 1. The Morgan fingerprint density at radius 1 is 1.20 bits per heavy atom. The Morgan fingerprint density at radius 2 is 1.80 bits per heavy atom. The lowest BCUT2D eigenvalue weighted by atomic mass is 9.83. The highest BCUT2D eigenvalue weighted by atomic mass is 14.9. The smallest absolute Gasteiger partial charge is 0.00672 e.